The molecule has 3 aromatic rings. The molecule has 0 aliphatic carbocycles. The Hall–Kier alpha value is -2.83. The highest BCUT2D eigenvalue weighted by Gasteiger charge is 2.79. The molecule has 0 radical (unpaired) electrons. The summed E-state index contributed by atoms with van der Waals surface area (Å²) in [4.78, 5) is 0. The molecule has 0 N–H and O–H groups in total. The third kappa shape index (κ3) is 3.89. The zero-order valence-electron chi connectivity index (χ0n) is 18.9. The first-order valence-corrected chi connectivity index (χ1v) is 10.6. The molecule has 0 aliphatic heterocycles. The van der Waals surface area contributed by atoms with Crippen LogP contribution in [0.5, 0.6) is 0 Å². The van der Waals surface area contributed by atoms with E-state index in [0.717, 1.165) is 5.56 Å². The molecule has 0 atom stereocenters. The van der Waals surface area contributed by atoms with E-state index in [2.05, 4.69) is 0 Å². The van der Waals surface area contributed by atoms with Crippen molar-refractivity contribution < 1.29 is 30.7 Å². The van der Waals surface area contributed by atoms with Crippen LogP contribution in [0.4, 0.5) is 30.7 Å². The molecule has 3 aromatic carbocycles. The number of hydrogen-bond donors (Lipinski definition) is 0. The van der Waals surface area contributed by atoms with E-state index < -0.39 is 29.9 Å². The van der Waals surface area contributed by atoms with Crippen molar-refractivity contribution in [3.8, 4) is 0 Å². The van der Waals surface area contributed by atoms with Gasteiger partial charge in [0.1, 0.15) is 5.41 Å². The number of halogens is 7. The molecule has 0 fully saturated rings. The summed E-state index contributed by atoms with van der Waals surface area (Å²) in [5, 5.41) is 0. The van der Waals surface area contributed by atoms with Crippen LogP contribution in [0, 0.1) is 0 Å². The monoisotopic (exact) mass is 482 g/mol. The molecule has 0 nitrogen and oxygen atoms in total. The van der Waals surface area contributed by atoms with E-state index >= 15 is 17.6 Å². The van der Waals surface area contributed by atoms with Gasteiger partial charge in [-0.1, -0.05) is 106 Å². The van der Waals surface area contributed by atoms with Gasteiger partial charge in [-0.2, -0.15) is 26.3 Å². The summed E-state index contributed by atoms with van der Waals surface area (Å²) in [6.07, 6.45) is 0. The highest BCUT2D eigenvalue weighted by Crippen LogP contribution is 2.60. The quantitative estimate of drug-likeness (QED) is 0.235. The molecule has 0 spiro atoms. The van der Waals surface area contributed by atoms with Crippen LogP contribution in [0.1, 0.15) is 43.0 Å². The van der Waals surface area contributed by atoms with E-state index in [-0.39, 0.29) is 22.1 Å². The van der Waals surface area contributed by atoms with E-state index in [4.69, 9.17) is 0 Å². The van der Waals surface area contributed by atoms with Gasteiger partial charge in [-0.3, -0.25) is 0 Å². The fourth-order valence-corrected chi connectivity index (χ4v) is 4.19. The summed E-state index contributed by atoms with van der Waals surface area (Å²) in [7, 11) is 0. The van der Waals surface area contributed by atoms with Crippen molar-refractivity contribution in [3.63, 3.8) is 0 Å². The minimum Gasteiger partial charge on any atom is -0.244 e. The third-order valence-corrected chi connectivity index (χ3v) is 6.09. The Morgan fingerprint density at radius 2 is 0.853 bits per heavy atom. The van der Waals surface area contributed by atoms with Crippen LogP contribution in [-0.2, 0) is 10.8 Å². The van der Waals surface area contributed by atoms with E-state index in [1.54, 1.807) is 0 Å². The first-order chi connectivity index (χ1) is 15.7. The number of rotatable bonds is 7. The molecule has 0 saturated heterocycles. The molecule has 0 amide bonds. The summed E-state index contributed by atoms with van der Waals surface area (Å²) in [6, 6.07) is 18.7. The number of alkyl halides is 7. The van der Waals surface area contributed by atoms with Crippen molar-refractivity contribution in [3.05, 3.63) is 107 Å². The van der Waals surface area contributed by atoms with Crippen LogP contribution >= 0.6 is 0 Å². The Labute approximate surface area is 194 Å². The van der Waals surface area contributed by atoms with Gasteiger partial charge in [-0.05, 0) is 27.7 Å². The predicted octanol–water partition coefficient (Wildman–Crippen LogP) is 8.19. The molecule has 0 bridgehead atoms. The molecule has 0 saturated carbocycles. The van der Waals surface area contributed by atoms with Gasteiger partial charge in [0.2, 0.25) is 0 Å². The predicted molar refractivity (Wildman–Crippen MR) is 119 cm³/mol. The molecule has 3 rings (SSSR count). The van der Waals surface area contributed by atoms with Gasteiger partial charge in [-0.25, -0.2) is 4.39 Å². The first kappa shape index (κ1) is 25.8. The van der Waals surface area contributed by atoms with Crippen molar-refractivity contribution in [2.24, 2.45) is 0 Å². The van der Waals surface area contributed by atoms with Gasteiger partial charge in [-0.15, -0.1) is 0 Å². The normalized spacial score (nSPS) is 13.7. The molecule has 182 valence electrons. The summed E-state index contributed by atoms with van der Waals surface area (Å²) in [5.74, 6) is -17.1. The Bertz CT molecular complexity index is 1040. The second-order valence-electron chi connectivity index (χ2n) is 9.30. The minimum absolute atomic E-state index is 0.322. The van der Waals surface area contributed by atoms with Crippen LogP contribution in [0.3, 0.4) is 0 Å². The summed E-state index contributed by atoms with van der Waals surface area (Å²) in [5.41, 5.74) is -3.68. The van der Waals surface area contributed by atoms with Crippen molar-refractivity contribution in [1.29, 1.82) is 0 Å². The Kier molecular flexibility index (Phi) is 6.64. The Balaban J connectivity index is 2.49. The Morgan fingerprint density at radius 1 is 0.500 bits per heavy atom. The summed E-state index contributed by atoms with van der Waals surface area (Å²) >= 11 is 0. The van der Waals surface area contributed by atoms with E-state index in [1.807, 2.05) is 20.8 Å². The lowest BCUT2D eigenvalue weighted by atomic mass is 9.62. The largest absolute Gasteiger partial charge is 0.376 e. The summed E-state index contributed by atoms with van der Waals surface area (Å²) < 4.78 is 104. The third-order valence-electron chi connectivity index (χ3n) is 6.09. The lowest BCUT2D eigenvalue weighted by molar-refractivity contribution is -0.324. The van der Waals surface area contributed by atoms with Crippen molar-refractivity contribution in [1.82, 2.24) is 0 Å². The van der Waals surface area contributed by atoms with Crippen LogP contribution in [0.15, 0.2) is 84.9 Å². The molecule has 34 heavy (non-hydrogen) atoms. The van der Waals surface area contributed by atoms with Gasteiger partial charge in [0, 0.05) is 0 Å². The van der Waals surface area contributed by atoms with Crippen molar-refractivity contribution in [2.75, 3.05) is 6.67 Å². The average Bonchev–Trinajstić information content (AvgIpc) is 2.80. The molecule has 0 heterocycles. The molecular weight excluding hydrogens is 457 g/mol. The highest BCUT2D eigenvalue weighted by atomic mass is 19.3. The van der Waals surface area contributed by atoms with Gasteiger partial charge < -0.3 is 0 Å². The maximum atomic E-state index is 16.2. The highest BCUT2D eigenvalue weighted by molar-refractivity contribution is 5.55. The second-order valence-corrected chi connectivity index (χ2v) is 9.30. The minimum atomic E-state index is -6.02. The number of benzene rings is 3. The van der Waals surface area contributed by atoms with Crippen molar-refractivity contribution >= 4 is 0 Å². The topological polar surface area (TPSA) is 0 Å². The first-order valence-electron chi connectivity index (χ1n) is 10.6. The smallest absolute Gasteiger partial charge is 0.244 e. The van der Waals surface area contributed by atoms with Crippen LogP contribution in [-0.4, -0.2) is 24.4 Å². The van der Waals surface area contributed by atoms with Crippen molar-refractivity contribution in [2.45, 2.75) is 49.4 Å². The molecule has 0 unspecified atom stereocenters. The zero-order chi connectivity index (χ0) is 25.4. The molecule has 0 aliphatic rings. The molecule has 0 aromatic heterocycles. The maximum Gasteiger partial charge on any atom is 0.376 e. The van der Waals surface area contributed by atoms with E-state index in [9.17, 15) is 13.2 Å². The van der Waals surface area contributed by atoms with Gasteiger partial charge in [0.05, 0.1) is 0 Å². The maximum absolute atomic E-state index is 16.2. The lowest BCUT2D eigenvalue weighted by Crippen LogP contribution is -2.65. The summed E-state index contributed by atoms with van der Waals surface area (Å²) in [6.45, 7) is 2.72. The van der Waals surface area contributed by atoms with E-state index in [0.29, 0.717) is 0 Å². The van der Waals surface area contributed by atoms with E-state index in [1.165, 1.54) is 84.9 Å². The SMILES string of the molecule is CC(C)(C)c1ccc(C(c2ccccc2)(c2ccccc2)C(F)(F)C(F)(F)C(F)(F)CF)cc1. The number of hydrogen-bond acceptors (Lipinski definition) is 0. The van der Waals surface area contributed by atoms with Crippen LogP contribution in [0.2, 0.25) is 0 Å². The average molecular weight is 482 g/mol. The zero-order valence-corrected chi connectivity index (χ0v) is 18.9. The van der Waals surface area contributed by atoms with Gasteiger partial charge in [0.15, 0.2) is 6.67 Å². The molecular formula is C27H25F7. The second kappa shape index (κ2) is 8.75. The lowest BCUT2D eigenvalue weighted by Gasteiger charge is -2.46. The van der Waals surface area contributed by atoms with Gasteiger partial charge >= 0.3 is 17.8 Å². The Morgan fingerprint density at radius 3 is 1.21 bits per heavy atom. The fourth-order valence-electron chi connectivity index (χ4n) is 4.19. The van der Waals surface area contributed by atoms with Crippen LogP contribution in [0.25, 0.3) is 0 Å². The van der Waals surface area contributed by atoms with Crippen LogP contribution < -0.4 is 0 Å². The standard InChI is InChI=1S/C27H25F7/c1-23(2,3)19-14-16-22(17-15-19)25(20-10-6-4-7-11-20,21-12-8-5-9-13-21)27(33,34)26(31,32)24(29,30)18-28/h4-17H,18H2,1-3H3. The fraction of sp³-hybridized carbons (Fsp3) is 0.333. The molecule has 7 heteroatoms. The van der Waals surface area contributed by atoms with Gasteiger partial charge in [0.25, 0.3) is 0 Å².